The maximum Gasteiger partial charge on any atom is 0.258 e. The zero-order chi connectivity index (χ0) is 30.5. The Morgan fingerprint density at radius 1 is 1.07 bits per heavy atom. The Morgan fingerprint density at radius 2 is 1.86 bits per heavy atom. The molecule has 3 aromatic carbocycles. The van der Waals surface area contributed by atoms with Crippen LogP contribution in [0.3, 0.4) is 0 Å². The number of benzene rings is 3. The second-order valence-electron chi connectivity index (χ2n) is 11.8. The van der Waals surface area contributed by atoms with Crippen LogP contribution in [0.1, 0.15) is 61.0 Å². The Bertz CT molecular complexity index is 1750. The molecule has 1 fully saturated rings. The molecule has 44 heavy (non-hydrogen) atoms. The molecule has 0 saturated heterocycles. The summed E-state index contributed by atoms with van der Waals surface area (Å²) in [5.41, 5.74) is 9.44. The summed E-state index contributed by atoms with van der Waals surface area (Å²) in [7, 11) is 0. The number of nitrogens with zero attached hydrogens (tertiary/aromatic N) is 2. The van der Waals surface area contributed by atoms with Crippen LogP contribution in [0.15, 0.2) is 72.9 Å². The lowest BCUT2D eigenvalue weighted by Crippen LogP contribution is -2.55. The zero-order valence-corrected chi connectivity index (χ0v) is 25.3. The van der Waals surface area contributed by atoms with Crippen LogP contribution in [-0.2, 0) is 11.2 Å². The van der Waals surface area contributed by atoms with E-state index >= 15 is 0 Å². The molecule has 0 bridgehead atoms. The molecule has 0 unspecified atom stereocenters. The summed E-state index contributed by atoms with van der Waals surface area (Å²) in [5.74, 6) is 1.24. The maximum absolute atomic E-state index is 13.4. The van der Waals surface area contributed by atoms with Crippen molar-refractivity contribution in [3.63, 3.8) is 0 Å². The summed E-state index contributed by atoms with van der Waals surface area (Å²) in [6.07, 6.45) is 8.63. The largest absolute Gasteiger partial charge is 0.484 e. The average Bonchev–Trinajstić information content (AvgIpc) is 3.64. The van der Waals surface area contributed by atoms with Gasteiger partial charge in [-0.3, -0.25) is 9.59 Å². The van der Waals surface area contributed by atoms with E-state index in [4.69, 9.17) is 9.72 Å². The van der Waals surface area contributed by atoms with Gasteiger partial charge in [-0.15, -0.1) is 0 Å². The number of nitrogens with one attached hydrogen (secondary N) is 3. The first-order chi connectivity index (χ1) is 21.5. The number of carbonyl (C=O) groups is 2. The maximum atomic E-state index is 13.4. The molecule has 0 radical (unpaired) electrons. The predicted octanol–water partition coefficient (Wildman–Crippen LogP) is 4.79. The first kappa shape index (κ1) is 29.4. The average molecular weight is 594 g/mol. The lowest BCUT2D eigenvalue weighted by Gasteiger charge is -2.25. The van der Waals surface area contributed by atoms with Crippen molar-refractivity contribution < 1.29 is 20.1 Å². The van der Waals surface area contributed by atoms with E-state index in [9.17, 15) is 9.59 Å². The van der Waals surface area contributed by atoms with Gasteiger partial charge in [-0.25, -0.2) is 4.98 Å². The predicted molar refractivity (Wildman–Crippen MR) is 172 cm³/mol. The van der Waals surface area contributed by atoms with Crippen LogP contribution in [0.5, 0.6) is 5.75 Å². The van der Waals surface area contributed by atoms with Gasteiger partial charge in [-0.1, -0.05) is 37.5 Å². The highest BCUT2D eigenvalue weighted by molar-refractivity contribution is 5.98. The van der Waals surface area contributed by atoms with Crippen molar-refractivity contribution in [2.24, 2.45) is 0 Å². The van der Waals surface area contributed by atoms with Crippen molar-refractivity contribution in [3.05, 3.63) is 84.1 Å². The van der Waals surface area contributed by atoms with E-state index in [1.54, 1.807) is 0 Å². The van der Waals surface area contributed by atoms with Crippen LogP contribution in [0.25, 0.3) is 33.3 Å². The molecule has 228 valence electrons. The van der Waals surface area contributed by atoms with Crippen LogP contribution in [0.4, 0.5) is 0 Å². The minimum Gasteiger partial charge on any atom is -0.484 e. The molecule has 1 aliphatic rings. The van der Waals surface area contributed by atoms with Gasteiger partial charge in [0.25, 0.3) is 11.8 Å². The summed E-state index contributed by atoms with van der Waals surface area (Å²) in [4.78, 5) is 33.7. The summed E-state index contributed by atoms with van der Waals surface area (Å²) in [5, 5.41) is 7.14. The molecule has 1 aliphatic carbocycles. The Labute approximate surface area is 257 Å². The van der Waals surface area contributed by atoms with Crippen molar-refractivity contribution in [1.29, 1.82) is 0 Å². The number of hydrogen-bond acceptors (Lipinski definition) is 4. The number of ether oxygens (including phenoxy) is 1. The van der Waals surface area contributed by atoms with Crippen LogP contribution < -0.4 is 21.1 Å². The van der Waals surface area contributed by atoms with Crippen molar-refractivity contribution in [2.45, 2.75) is 57.5 Å². The Morgan fingerprint density at radius 3 is 2.66 bits per heavy atom. The van der Waals surface area contributed by atoms with Gasteiger partial charge >= 0.3 is 0 Å². The number of imidazole rings is 1. The topological polar surface area (TPSA) is 129 Å². The molecule has 1 saturated carbocycles. The third-order valence-corrected chi connectivity index (χ3v) is 8.45. The first-order valence-electron chi connectivity index (χ1n) is 15.7. The normalized spacial score (nSPS) is 14.5. The van der Waals surface area contributed by atoms with E-state index in [0.29, 0.717) is 30.4 Å². The molecular formula is C35H41N6O3+. The van der Waals surface area contributed by atoms with Crippen LogP contribution >= 0.6 is 0 Å². The lowest BCUT2D eigenvalue weighted by molar-refractivity contribution is -0.364. The number of rotatable bonds is 11. The third-order valence-electron chi connectivity index (χ3n) is 8.45. The molecule has 1 atom stereocenters. The van der Waals surface area contributed by atoms with Crippen molar-refractivity contribution in [1.82, 2.24) is 25.2 Å². The van der Waals surface area contributed by atoms with Gasteiger partial charge in [0.15, 0.2) is 6.61 Å². The molecule has 2 aromatic heterocycles. The molecule has 9 heteroatoms. The second-order valence-corrected chi connectivity index (χ2v) is 11.8. The number of aromatic amines is 1. The van der Waals surface area contributed by atoms with E-state index in [0.717, 1.165) is 47.2 Å². The molecule has 2 heterocycles. The van der Waals surface area contributed by atoms with Gasteiger partial charge < -0.3 is 30.7 Å². The highest BCUT2D eigenvalue weighted by atomic mass is 16.5. The zero-order valence-electron chi connectivity index (χ0n) is 25.3. The number of amides is 2. The van der Waals surface area contributed by atoms with Crippen LogP contribution in [-0.4, -0.2) is 52.1 Å². The van der Waals surface area contributed by atoms with Crippen LogP contribution in [0, 0.1) is 0 Å². The Kier molecular flexibility index (Phi) is 8.93. The van der Waals surface area contributed by atoms with E-state index in [1.165, 1.54) is 30.2 Å². The molecule has 0 spiro atoms. The smallest absolute Gasteiger partial charge is 0.258 e. The van der Waals surface area contributed by atoms with Crippen molar-refractivity contribution >= 4 is 33.8 Å². The summed E-state index contributed by atoms with van der Waals surface area (Å²) < 4.78 is 8.04. The van der Waals surface area contributed by atoms with Gasteiger partial charge in [0, 0.05) is 40.3 Å². The van der Waals surface area contributed by atoms with Gasteiger partial charge in [0.2, 0.25) is 0 Å². The van der Waals surface area contributed by atoms with E-state index in [-0.39, 0.29) is 24.5 Å². The van der Waals surface area contributed by atoms with Crippen LogP contribution in [0.2, 0.25) is 0 Å². The number of aromatic nitrogens is 3. The monoisotopic (exact) mass is 593 g/mol. The Hall–Kier alpha value is -4.63. The summed E-state index contributed by atoms with van der Waals surface area (Å²) in [6, 6.07) is 22.1. The second kappa shape index (κ2) is 13.3. The SMILES string of the molecule is C[C@H](Cc1c[nH]c2ccccc12)NC(=O)c1ccc2c(c1)nc(-c1ccc(OCC(=O)NCC[NH3+])cc1)n2C1CCCCC1. The van der Waals surface area contributed by atoms with Gasteiger partial charge in [0.05, 0.1) is 24.1 Å². The molecule has 6 N–H and O–H groups in total. The molecule has 2 amide bonds. The fourth-order valence-corrected chi connectivity index (χ4v) is 6.27. The van der Waals surface area contributed by atoms with Gasteiger partial charge in [-0.2, -0.15) is 0 Å². The summed E-state index contributed by atoms with van der Waals surface area (Å²) >= 11 is 0. The fourth-order valence-electron chi connectivity index (χ4n) is 6.27. The number of para-hydroxylation sites is 1. The molecule has 9 nitrogen and oxygen atoms in total. The van der Waals surface area contributed by atoms with Gasteiger partial charge in [-0.05, 0) is 80.3 Å². The molecule has 5 aromatic rings. The number of carbonyl (C=O) groups excluding carboxylic acids is 2. The number of H-pyrrole nitrogens is 1. The standard InChI is InChI=1S/C35H40N6O3/c1-23(19-26-21-38-30-10-6-5-9-29(26)30)39-35(43)25-13-16-32-31(20-25)40-34(41(32)27-7-3-2-4-8-27)24-11-14-28(15-12-24)44-22-33(42)37-18-17-36/h5-6,9-16,20-21,23,27,38H,2-4,7-8,17-19,22,36H2,1H3,(H,37,42)(H,39,43)/p+1/t23-/m1/s1. The fraction of sp³-hybridized carbons (Fsp3) is 0.343. The quantitative estimate of drug-likeness (QED) is 0.176. The van der Waals surface area contributed by atoms with Crippen molar-refractivity contribution in [2.75, 3.05) is 19.7 Å². The minimum atomic E-state index is -0.163. The highest BCUT2D eigenvalue weighted by Crippen LogP contribution is 2.36. The first-order valence-corrected chi connectivity index (χ1v) is 15.7. The van der Waals surface area contributed by atoms with E-state index < -0.39 is 0 Å². The Balaban J connectivity index is 1.22. The molecular weight excluding hydrogens is 552 g/mol. The summed E-state index contributed by atoms with van der Waals surface area (Å²) in [6.45, 7) is 3.17. The molecule has 0 aliphatic heterocycles. The van der Waals surface area contributed by atoms with E-state index in [1.807, 2.05) is 67.7 Å². The van der Waals surface area contributed by atoms with Crippen molar-refractivity contribution in [3.8, 4) is 17.1 Å². The third kappa shape index (κ3) is 6.48. The number of fused-ring (bicyclic) bond motifs is 2. The minimum absolute atomic E-state index is 0.0365. The molecule has 6 rings (SSSR count). The lowest BCUT2D eigenvalue weighted by atomic mass is 9.94. The van der Waals surface area contributed by atoms with E-state index in [2.05, 4.69) is 38.1 Å². The highest BCUT2D eigenvalue weighted by Gasteiger charge is 2.23. The number of quaternary nitrogens is 1. The van der Waals surface area contributed by atoms with Gasteiger partial charge in [0.1, 0.15) is 11.6 Å². The number of hydrogen-bond donors (Lipinski definition) is 4.